The van der Waals surface area contributed by atoms with Crippen LogP contribution in [0, 0.1) is 5.92 Å². The summed E-state index contributed by atoms with van der Waals surface area (Å²) in [5, 5.41) is 27.1. The molecule has 0 heterocycles. The normalized spacial score (nSPS) is 15.0. The zero-order chi connectivity index (χ0) is 28.7. The van der Waals surface area contributed by atoms with E-state index in [9.17, 15) is 29.4 Å². The highest BCUT2D eigenvalue weighted by Gasteiger charge is 2.32. The Kier molecular flexibility index (Phi) is 15.4. The topological polar surface area (TPSA) is 197 Å². The second kappa shape index (κ2) is 17.6. The SMILES string of the molecule is CCC(C)C(NC(=O)C(CCSC)NC(=O)C(N)CCCCN)C(=O)NC(Cc1ccc(O)cc1)C(=O)O. The van der Waals surface area contributed by atoms with E-state index in [-0.39, 0.29) is 18.1 Å². The molecule has 1 aromatic rings. The van der Waals surface area contributed by atoms with Gasteiger partial charge >= 0.3 is 5.97 Å². The molecule has 1 rings (SSSR count). The van der Waals surface area contributed by atoms with E-state index >= 15 is 0 Å². The lowest BCUT2D eigenvalue weighted by Crippen LogP contribution is -2.59. The largest absolute Gasteiger partial charge is 0.508 e. The van der Waals surface area contributed by atoms with Crippen molar-refractivity contribution in [1.82, 2.24) is 16.0 Å². The highest BCUT2D eigenvalue weighted by molar-refractivity contribution is 7.98. The number of thioether (sulfide) groups is 1. The number of amides is 3. The third-order valence-corrected chi connectivity index (χ3v) is 6.98. The van der Waals surface area contributed by atoms with Crippen molar-refractivity contribution < 1.29 is 29.4 Å². The number of carboxylic acid groups (broad SMARTS) is 1. The van der Waals surface area contributed by atoms with Crippen molar-refractivity contribution in [2.24, 2.45) is 17.4 Å². The van der Waals surface area contributed by atoms with E-state index < -0.39 is 47.9 Å². The molecule has 0 saturated heterocycles. The lowest BCUT2D eigenvalue weighted by Gasteiger charge is -2.28. The summed E-state index contributed by atoms with van der Waals surface area (Å²) in [7, 11) is 0. The number of carbonyl (C=O) groups is 4. The van der Waals surface area contributed by atoms with Crippen LogP contribution >= 0.6 is 11.8 Å². The van der Waals surface area contributed by atoms with Crippen LogP contribution in [0.4, 0.5) is 0 Å². The highest BCUT2D eigenvalue weighted by Crippen LogP contribution is 2.14. The Hall–Kier alpha value is -2.83. The van der Waals surface area contributed by atoms with E-state index in [0.717, 1.165) is 6.42 Å². The molecule has 12 heteroatoms. The Labute approximate surface area is 228 Å². The summed E-state index contributed by atoms with van der Waals surface area (Å²) in [4.78, 5) is 50.9. The van der Waals surface area contributed by atoms with Crippen LogP contribution < -0.4 is 27.4 Å². The molecule has 11 nitrogen and oxygen atoms in total. The summed E-state index contributed by atoms with van der Waals surface area (Å²) in [5.74, 6) is -2.52. The number of nitrogens with two attached hydrogens (primary N) is 2. The fourth-order valence-electron chi connectivity index (χ4n) is 3.71. The van der Waals surface area contributed by atoms with Crippen LogP contribution in [0.25, 0.3) is 0 Å². The maximum absolute atomic E-state index is 13.2. The van der Waals surface area contributed by atoms with E-state index in [1.54, 1.807) is 19.1 Å². The molecular weight excluding hydrogens is 510 g/mol. The number of unbranched alkanes of at least 4 members (excludes halogenated alkanes) is 1. The van der Waals surface area contributed by atoms with Gasteiger partial charge in [0.05, 0.1) is 6.04 Å². The van der Waals surface area contributed by atoms with Gasteiger partial charge in [-0.2, -0.15) is 11.8 Å². The lowest BCUT2D eigenvalue weighted by molar-refractivity contribution is -0.142. The van der Waals surface area contributed by atoms with Gasteiger partial charge in [-0.05, 0) is 61.4 Å². The smallest absolute Gasteiger partial charge is 0.326 e. The lowest BCUT2D eigenvalue weighted by atomic mass is 9.96. The molecule has 0 saturated carbocycles. The third-order valence-electron chi connectivity index (χ3n) is 6.33. The zero-order valence-corrected chi connectivity index (χ0v) is 23.3. The number of benzene rings is 1. The maximum atomic E-state index is 13.2. The fraction of sp³-hybridized carbons (Fsp3) is 0.615. The molecule has 38 heavy (non-hydrogen) atoms. The monoisotopic (exact) mass is 553 g/mol. The van der Waals surface area contributed by atoms with Crippen molar-refractivity contribution >= 4 is 35.5 Å². The maximum Gasteiger partial charge on any atom is 0.326 e. The predicted octanol–water partition coefficient (Wildman–Crippen LogP) is 0.729. The standard InChI is InChI=1S/C26H43N5O6S/c1-4-16(2)22(25(35)30-21(26(36)37)15-17-8-10-18(32)11-9-17)31-24(34)20(12-14-38-3)29-23(33)19(28)7-5-6-13-27/h8-11,16,19-22,32H,4-7,12-15,27-28H2,1-3H3,(H,29,33)(H,30,35)(H,31,34)(H,36,37). The summed E-state index contributed by atoms with van der Waals surface area (Å²) >= 11 is 1.51. The summed E-state index contributed by atoms with van der Waals surface area (Å²) in [6, 6.07) is 2.08. The van der Waals surface area contributed by atoms with Crippen LogP contribution in [0.1, 0.15) is 51.5 Å². The molecule has 0 radical (unpaired) electrons. The van der Waals surface area contributed by atoms with Crippen molar-refractivity contribution in [3.8, 4) is 5.75 Å². The van der Waals surface area contributed by atoms with Crippen LogP contribution in [0.2, 0.25) is 0 Å². The van der Waals surface area contributed by atoms with Gasteiger partial charge in [-0.3, -0.25) is 14.4 Å². The van der Waals surface area contributed by atoms with Crippen LogP contribution in [-0.2, 0) is 25.6 Å². The minimum atomic E-state index is -1.24. The van der Waals surface area contributed by atoms with Gasteiger partial charge in [0.15, 0.2) is 0 Å². The zero-order valence-electron chi connectivity index (χ0n) is 22.4. The number of rotatable bonds is 18. The number of hydrogen-bond acceptors (Lipinski definition) is 8. The number of aromatic hydroxyl groups is 1. The molecule has 5 atom stereocenters. The van der Waals surface area contributed by atoms with Gasteiger partial charge in [0.25, 0.3) is 0 Å². The summed E-state index contributed by atoms with van der Waals surface area (Å²) in [6.45, 7) is 4.14. The second-order valence-electron chi connectivity index (χ2n) is 9.38. The quantitative estimate of drug-likeness (QED) is 0.128. The van der Waals surface area contributed by atoms with Gasteiger partial charge in [0, 0.05) is 6.42 Å². The predicted molar refractivity (Wildman–Crippen MR) is 149 cm³/mol. The Bertz CT molecular complexity index is 901. The van der Waals surface area contributed by atoms with E-state index in [4.69, 9.17) is 11.5 Å². The summed E-state index contributed by atoms with van der Waals surface area (Å²) in [5.41, 5.74) is 12.1. The van der Waals surface area contributed by atoms with Crippen LogP contribution in [0.5, 0.6) is 5.75 Å². The molecule has 0 bridgehead atoms. The van der Waals surface area contributed by atoms with Gasteiger partial charge in [-0.15, -0.1) is 0 Å². The van der Waals surface area contributed by atoms with Crippen LogP contribution in [0.15, 0.2) is 24.3 Å². The average Bonchev–Trinajstić information content (AvgIpc) is 2.89. The van der Waals surface area contributed by atoms with Gasteiger partial charge < -0.3 is 37.6 Å². The van der Waals surface area contributed by atoms with Crippen LogP contribution in [0.3, 0.4) is 0 Å². The Morgan fingerprint density at radius 1 is 0.947 bits per heavy atom. The van der Waals surface area contributed by atoms with Gasteiger partial charge in [0.2, 0.25) is 17.7 Å². The molecule has 0 aliphatic rings. The van der Waals surface area contributed by atoms with Crippen LogP contribution in [-0.4, -0.2) is 76.6 Å². The molecule has 1 aromatic carbocycles. The minimum Gasteiger partial charge on any atom is -0.508 e. The minimum absolute atomic E-state index is 0.00300. The molecule has 9 N–H and O–H groups in total. The number of nitrogens with one attached hydrogen (secondary N) is 3. The first kappa shape index (κ1) is 33.2. The first-order valence-corrected chi connectivity index (χ1v) is 14.3. The third kappa shape index (κ3) is 11.7. The molecule has 0 aliphatic heterocycles. The van der Waals surface area contributed by atoms with Crippen molar-refractivity contribution in [2.75, 3.05) is 18.6 Å². The molecule has 3 amide bonds. The number of hydrogen-bond donors (Lipinski definition) is 7. The number of phenolic OH excluding ortho intramolecular Hbond substituents is 1. The summed E-state index contributed by atoms with van der Waals surface area (Å²) in [6.07, 6.45) is 4.63. The Morgan fingerprint density at radius 2 is 1.58 bits per heavy atom. The first-order chi connectivity index (χ1) is 18.0. The Morgan fingerprint density at radius 3 is 2.13 bits per heavy atom. The fourth-order valence-corrected chi connectivity index (χ4v) is 4.18. The second-order valence-corrected chi connectivity index (χ2v) is 10.4. The number of carbonyl (C=O) groups excluding carboxylic acids is 3. The van der Waals surface area contributed by atoms with Crippen molar-refractivity contribution in [3.63, 3.8) is 0 Å². The molecule has 0 aliphatic carbocycles. The first-order valence-electron chi connectivity index (χ1n) is 12.9. The van der Waals surface area contributed by atoms with Gasteiger partial charge in [0.1, 0.15) is 23.9 Å². The van der Waals surface area contributed by atoms with E-state index in [0.29, 0.717) is 43.5 Å². The molecule has 0 fully saturated rings. The van der Waals surface area contributed by atoms with Gasteiger partial charge in [-0.25, -0.2) is 4.79 Å². The van der Waals surface area contributed by atoms with Crippen molar-refractivity contribution in [2.45, 2.75) is 76.5 Å². The van der Waals surface area contributed by atoms with E-state index in [1.807, 2.05) is 13.2 Å². The summed E-state index contributed by atoms with van der Waals surface area (Å²) < 4.78 is 0. The average molecular weight is 554 g/mol. The van der Waals surface area contributed by atoms with Gasteiger partial charge in [-0.1, -0.05) is 38.8 Å². The number of aliphatic carboxylic acids is 1. The van der Waals surface area contributed by atoms with Crippen molar-refractivity contribution in [1.29, 1.82) is 0 Å². The highest BCUT2D eigenvalue weighted by atomic mass is 32.2. The molecule has 0 aromatic heterocycles. The number of phenols is 1. The van der Waals surface area contributed by atoms with E-state index in [1.165, 1.54) is 23.9 Å². The van der Waals surface area contributed by atoms with Crippen molar-refractivity contribution in [3.05, 3.63) is 29.8 Å². The molecular formula is C26H43N5O6S. The molecule has 0 spiro atoms. The molecule has 214 valence electrons. The Balaban J connectivity index is 2.97. The van der Waals surface area contributed by atoms with E-state index in [2.05, 4.69) is 16.0 Å². The molecule has 5 unspecified atom stereocenters. The number of carboxylic acids is 1.